The first-order valence-electron chi connectivity index (χ1n) is 23.4. The highest BCUT2D eigenvalue weighted by Crippen LogP contribution is 2.14. The lowest BCUT2D eigenvalue weighted by atomic mass is 10.0. The van der Waals surface area contributed by atoms with Gasteiger partial charge in [-0.25, -0.2) is 4.79 Å². The van der Waals surface area contributed by atoms with E-state index in [0.29, 0.717) is 16.9 Å². The highest BCUT2D eigenvalue weighted by atomic mass is 32.2. The van der Waals surface area contributed by atoms with Crippen LogP contribution >= 0.6 is 11.8 Å². The van der Waals surface area contributed by atoms with Crippen LogP contribution in [0.15, 0.2) is 54.6 Å². The van der Waals surface area contributed by atoms with Gasteiger partial charge in [0.25, 0.3) is 0 Å². The Balaban J connectivity index is 2.10. The van der Waals surface area contributed by atoms with Gasteiger partial charge in [-0.3, -0.25) is 43.2 Å². The van der Waals surface area contributed by atoms with E-state index in [1.165, 1.54) is 43.0 Å². The summed E-state index contributed by atoms with van der Waals surface area (Å²) in [6, 6.07) is 4.28. The molecule has 2 rings (SSSR count). The van der Waals surface area contributed by atoms with Gasteiger partial charge in [-0.05, 0) is 66.4 Å². The summed E-state index contributed by atoms with van der Waals surface area (Å²) in [5.41, 5.74) is 7.00. The van der Waals surface area contributed by atoms with Gasteiger partial charge in [-0.1, -0.05) is 84.0 Å². The quantitative estimate of drug-likeness (QED) is 0.0401. The van der Waals surface area contributed by atoms with E-state index in [2.05, 4.69) is 47.9 Å². The third kappa shape index (κ3) is 21.3. The summed E-state index contributed by atoms with van der Waals surface area (Å²) in [4.78, 5) is 131. The van der Waals surface area contributed by atoms with E-state index in [1.54, 1.807) is 71.9 Å². The van der Waals surface area contributed by atoms with Gasteiger partial charge < -0.3 is 68.9 Å². The number of rotatable bonds is 30. The zero-order valence-electron chi connectivity index (χ0n) is 41.9. The van der Waals surface area contributed by atoms with Gasteiger partial charge in [0.1, 0.15) is 48.0 Å². The number of phenols is 1. The first-order chi connectivity index (χ1) is 33.9. The number of thioether (sulfide) groups is 1. The maximum absolute atomic E-state index is 14.0. The summed E-state index contributed by atoms with van der Waals surface area (Å²) in [5, 5.41) is 51.9. The molecule has 9 amide bonds. The molecule has 0 bridgehead atoms. The Morgan fingerprint density at radius 3 is 1.50 bits per heavy atom. The molecular weight excluding hydrogens is 957 g/mol. The zero-order valence-corrected chi connectivity index (χ0v) is 42.7. The van der Waals surface area contributed by atoms with E-state index in [9.17, 15) is 63.3 Å². The highest BCUT2D eigenvalue weighted by Gasteiger charge is 2.34. The molecular formula is C48H72N10O13S. The fourth-order valence-corrected chi connectivity index (χ4v) is 7.17. The number of aliphatic hydroxyl groups excluding tert-OH is 1. The van der Waals surface area contributed by atoms with E-state index in [4.69, 9.17) is 5.73 Å². The first kappa shape index (κ1) is 61.3. The van der Waals surface area contributed by atoms with Gasteiger partial charge in [0, 0.05) is 12.8 Å². The highest BCUT2D eigenvalue weighted by molar-refractivity contribution is 7.98. The predicted molar refractivity (Wildman–Crippen MR) is 267 cm³/mol. The van der Waals surface area contributed by atoms with Crippen LogP contribution in [0.1, 0.15) is 66.0 Å². The number of hydrogen-bond donors (Lipinski definition) is 13. The molecule has 0 aromatic heterocycles. The van der Waals surface area contributed by atoms with Crippen LogP contribution < -0.4 is 53.6 Å². The number of aliphatic hydroxyl groups is 1. The summed E-state index contributed by atoms with van der Waals surface area (Å²) in [6.45, 7) is 9.02. The largest absolute Gasteiger partial charge is 0.508 e. The fraction of sp³-hybridized carbons (Fsp3) is 0.542. The first-order valence-corrected chi connectivity index (χ1v) is 24.8. The summed E-state index contributed by atoms with van der Waals surface area (Å²) < 4.78 is 0. The normalized spacial score (nSPS) is 14.5. The van der Waals surface area contributed by atoms with E-state index in [1.807, 2.05) is 6.26 Å². The molecule has 14 N–H and O–H groups in total. The molecule has 0 unspecified atom stereocenters. The van der Waals surface area contributed by atoms with Crippen molar-refractivity contribution < 1.29 is 63.3 Å². The summed E-state index contributed by atoms with van der Waals surface area (Å²) in [6.07, 6.45) is 1.82. The van der Waals surface area contributed by atoms with Crippen LogP contribution in [0.25, 0.3) is 0 Å². The average molecular weight is 1030 g/mol. The Morgan fingerprint density at radius 2 is 1.00 bits per heavy atom. The summed E-state index contributed by atoms with van der Waals surface area (Å²) in [5.74, 6) is -9.24. The number of amides is 9. The molecule has 24 heteroatoms. The van der Waals surface area contributed by atoms with E-state index in [-0.39, 0.29) is 30.9 Å². The number of carboxylic acids is 1. The Kier molecular flexibility index (Phi) is 26.3. The number of carbonyl (C=O) groups excluding carboxylic acids is 9. The molecule has 0 radical (unpaired) electrons. The van der Waals surface area contributed by atoms with Crippen molar-refractivity contribution in [1.29, 1.82) is 0 Å². The van der Waals surface area contributed by atoms with Gasteiger partial charge in [0.15, 0.2) is 0 Å². The van der Waals surface area contributed by atoms with Crippen molar-refractivity contribution in [2.75, 3.05) is 31.7 Å². The lowest BCUT2D eigenvalue weighted by molar-refractivity contribution is -0.143. The van der Waals surface area contributed by atoms with Crippen LogP contribution in [0.3, 0.4) is 0 Å². The molecule has 2 aromatic rings. The second kappa shape index (κ2) is 30.8. The third-order valence-electron chi connectivity index (χ3n) is 11.1. The number of benzene rings is 2. The number of carbonyl (C=O) groups is 10. The molecule has 0 saturated carbocycles. The monoisotopic (exact) mass is 1030 g/mol. The second-order valence-electron chi connectivity index (χ2n) is 18.1. The van der Waals surface area contributed by atoms with Crippen molar-refractivity contribution in [2.45, 2.75) is 116 Å². The van der Waals surface area contributed by atoms with Crippen LogP contribution in [-0.4, -0.2) is 154 Å². The van der Waals surface area contributed by atoms with E-state index >= 15 is 0 Å². The molecule has 0 aliphatic rings. The molecule has 0 heterocycles. The maximum atomic E-state index is 14.0. The predicted octanol–water partition coefficient (Wildman–Crippen LogP) is -2.05. The van der Waals surface area contributed by atoms with Gasteiger partial charge >= 0.3 is 5.97 Å². The Hall–Kier alpha value is -6.79. The molecule has 8 atom stereocenters. The molecule has 23 nitrogen and oxygen atoms in total. The number of nitrogens with one attached hydrogen (secondary N) is 9. The molecule has 72 heavy (non-hydrogen) atoms. The van der Waals surface area contributed by atoms with Gasteiger partial charge in [0.05, 0.1) is 25.7 Å². The summed E-state index contributed by atoms with van der Waals surface area (Å²) in [7, 11) is 0. The molecule has 0 fully saturated rings. The number of phenolic OH excluding ortho intramolecular Hbond substituents is 1. The minimum Gasteiger partial charge on any atom is -0.508 e. The van der Waals surface area contributed by atoms with Gasteiger partial charge in [-0.15, -0.1) is 0 Å². The number of hydrogen-bond acceptors (Lipinski definition) is 14. The SMILES string of the molecule is CSCC[C@H](NC(=O)[C@@H](N)C(C)C)C(=O)N[C@@H](C)C(=O)NCC(=O)N[C@H](C(=O)NCC(=O)N[C@@H](CO)C(=O)N[C@@H](Cc1ccccc1)C(=O)N[C@@H](Cc1ccc(O)cc1)C(=O)N[C@H](C(=O)O)C(C)C)C(C)C. The van der Waals surface area contributed by atoms with Crippen molar-refractivity contribution in [1.82, 2.24) is 47.9 Å². The van der Waals surface area contributed by atoms with Crippen molar-refractivity contribution in [3.63, 3.8) is 0 Å². The molecule has 0 aliphatic carbocycles. The van der Waals surface area contributed by atoms with Gasteiger partial charge in [-0.2, -0.15) is 11.8 Å². The minimum absolute atomic E-state index is 0.0573. The van der Waals surface area contributed by atoms with Gasteiger partial charge in [0.2, 0.25) is 53.2 Å². The number of carboxylic acid groups (broad SMARTS) is 1. The molecule has 0 aliphatic heterocycles. The number of aromatic hydroxyl groups is 1. The van der Waals surface area contributed by atoms with Crippen LogP contribution in [-0.2, 0) is 60.8 Å². The standard InChI is InChI=1S/C48H72N10O13S/c1-25(2)38(49)46(68)54-32(18-19-72-8)42(64)52-28(7)41(63)50-23-37(62)57-39(26(3)4)47(69)51-22-36(61)53-35(24-59)45(67)56-33(20-29-12-10-9-11-13-29)43(65)55-34(21-30-14-16-31(60)17-15-30)44(66)58-40(27(5)6)48(70)71/h9-17,25-28,32-35,38-40,59-60H,18-24,49H2,1-8H3,(H,50,63)(H,51,69)(H,52,64)(H,53,61)(H,54,68)(H,55,65)(H,56,67)(H,57,62)(H,58,66)(H,70,71)/t28-,32-,33-,34-,35-,38-,39-,40-/m0/s1. The van der Waals surface area contributed by atoms with E-state index < -0.39 is 139 Å². The van der Waals surface area contributed by atoms with Crippen LogP contribution in [0.4, 0.5) is 0 Å². The van der Waals surface area contributed by atoms with Crippen molar-refractivity contribution in [3.05, 3.63) is 65.7 Å². The topological polar surface area (TPSA) is 366 Å². The third-order valence-corrected chi connectivity index (χ3v) is 11.8. The van der Waals surface area contributed by atoms with E-state index in [0.717, 1.165) is 0 Å². The van der Waals surface area contributed by atoms with Crippen molar-refractivity contribution >= 4 is 70.9 Å². The smallest absolute Gasteiger partial charge is 0.326 e. The van der Waals surface area contributed by atoms with Crippen LogP contribution in [0, 0.1) is 17.8 Å². The molecule has 0 spiro atoms. The molecule has 398 valence electrons. The maximum Gasteiger partial charge on any atom is 0.326 e. The van der Waals surface area contributed by atoms with Crippen molar-refractivity contribution in [3.8, 4) is 5.75 Å². The van der Waals surface area contributed by atoms with Crippen LogP contribution in [0.5, 0.6) is 5.75 Å². The van der Waals surface area contributed by atoms with Crippen LogP contribution in [0.2, 0.25) is 0 Å². The Bertz CT molecular complexity index is 2160. The Morgan fingerprint density at radius 1 is 0.528 bits per heavy atom. The molecule has 0 saturated heterocycles. The minimum atomic E-state index is -1.65. The zero-order chi connectivity index (χ0) is 54.2. The number of nitrogens with two attached hydrogens (primary N) is 1. The average Bonchev–Trinajstić information content (AvgIpc) is 3.33. The second-order valence-corrected chi connectivity index (χ2v) is 19.1. The van der Waals surface area contributed by atoms with Crippen molar-refractivity contribution in [2.24, 2.45) is 23.5 Å². The Labute approximate surface area is 423 Å². The molecule has 2 aromatic carbocycles. The number of aliphatic carboxylic acids is 1. The fourth-order valence-electron chi connectivity index (χ4n) is 6.70. The summed E-state index contributed by atoms with van der Waals surface area (Å²) >= 11 is 1.46. The lowest BCUT2D eigenvalue weighted by Crippen LogP contribution is -2.60. The lowest BCUT2D eigenvalue weighted by Gasteiger charge is -2.27.